The molecule has 0 saturated carbocycles. The SMILES string of the molecule is COc1ccc(C(CC(=O)NCCn2c(C)nc3cc(OC)c(OC)cc3c2=O)c2ccc3cccnc3c2O)cc1. The molecule has 216 valence electrons. The lowest BCUT2D eigenvalue weighted by molar-refractivity contribution is -0.121. The fourth-order valence-electron chi connectivity index (χ4n) is 5.16. The van der Waals surface area contributed by atoms with Crippen molar-refractivity contribution >= 4 is 27.7 Å². The van der Waals surface area contributed by atoms with Gasteiger partial charge in [0.1, 0.15) is 22.8 Å². The van der Waals surface area contributed by atoms with Crippen LogP contribution in [0.2, 0.25) is 0 Å². The number of nitrogens with one attached hydrogen (secondary N) is 1. The highest BCUT2D eigenvalue weighted by atomic mass is 16.5. The molecule has 0 fully saturated rings. The van der Waals surface area contributed by atoms with Crippen molar-refractivity contribution in [1.29, 1.82) is 0 Å². The number of benzene rings is 3. The monoisotopic (exact) mass is 568 g/mol. The lowest BCUT2D eigenvalue weighted by Crippen LogP contribution is -2.33. The van der Waals surface area contributed by atoms with Gasteiger partial charge in [0, 0.05) is 48.6 Å². The number of carbonyl (C=O) groups excluding carboxylic acids is 1. The maximum absolute atomic E-state index is 13.3. The molecule has 1 amide bonds. The number of nitrogens with zero attached hydrogens (tertiary/aromatic N) is 3. The zero-order valence-electron chi connectivity index (χ0n) is 23.9. The molecule has 10 nitrogen and oxygen atoms in total. The Morgan fingerprint density at radius 1 is 1.00 bits per heavy atom. The molecule has 0 radical (unpaired) electrons. The van der Waals surface area contributed by atoms with E-state index in [1.807, 2.05) is 42.5 Å². The second kappa shape index (κ2) is 12.2. The molecule has 2 heterocycles. The van der Waals surface area contributed by atoms with Crippen molar-refractivity contribution < 1.29 is 24.1 Å². The molecule has 2 aromatic heterocycles. The summed E-state index contributed by atoms with van der Waals surface area (Å²) in [5.74, 6) is 1.48. The van der Waals surface area contributed by atoms with Gasteiger partial charge in [0.25, 0.3) is 5.56 Å². The predicted molar refractivity (Wildman–Crippen MR) is 160 cm³/mol. The third-order valence-electron chi connectivity index (χ3n) is 7.37. The quantitative estimate of drug-likeness (QED) is 0.255. The van der Waals surface area contributed by atoms with Gasteiger partial charge in [0.05, 0.1) is 32.2 Å². The number of aromatic hydroxyl groups is 1. The standard InChI is InChI=1S/C32H32N4O6/c1-19-35-26-18-28(42-4)27(41-3)16-25(26)32(39)36(19)15-14-33-29(37)17-24(20-7-10-22(40-2)11-8-20)23-12-9-21-6-5-13-34-30(21)31(23)38/h5-13,16,18,24,38H,14-15,17H2,1-4H3,(H,33,37). The Hall–Kier alpha value is -5.12. The van der Waals surface area contributed by atoms with E-state index in [9.17, 15) is 14.7 Å². The first-order chi connectivity index (χ1) is 20.3. The number of carbonyl (C=O) groups is 1. The summed E-state index contributed by atoms with van der Waals surface area (Å²) in [6.45, 7) is 2.18. The number of rotatable bonds is 10. The molecule has 0 bridgehead atoms. The van der Waals surface area contributed by atoms with Crippen LogP contribution in [0.25, 0.3) is 21.8 Å². The van der Waals surface area contributed by atoms with Crippen molar-refractivity contribution in [2.45, 2.75) is 25.8 Å². The van der Waals surface area contributed by atoms with E-state index in [-0.39, 0.29) is 36.7 Å². The van der Waals surface area contributed by atoms with E-state index < -0.39 is 5.92 Å². The molecule has 0 spiro atoms. The number of hydrogen-bond donors (Lipinski definition) is 2. The Morgan fingerprint density at radius 2 is 1.74 bits per heavy atom. The fraction of sp³-hybridized carbons (Fsp3) is 0.250. The molecule has 1 atom stereocenters. The maximum Gasteiger partial charge on any atom is 0.261 e. The summed E-state index contributed by atoms with van der Waals surface area (Å²) in [5.41, 5.74) is 2.17. The minimum atomic E-state index is -0.448. The van der Waals surface area contributed by atoms with Gasteiger partial charge in [-0.05, 0) is 36.8 Å². The summed E-state index contributed by atoms with van der Waals surface area (Å²) in [4.78, 5) is 35.5. The molecule has 3 aromatic carbocycles. The molecule has 2 N–H and O–H groups in total. The Bertz CT molecular complexity index is 1820. The van der Waals surface area contributed by atoms with Crippen molar-refractivity contribution in [3.05, 3.63) is 94.2 Å². The topological polar surface area (TPSA) is 125 Å². The van der Waals surface area contributed by atoms with Gasteiger partial charge in [0.15, 0.2) is 11.5 Å². The van der Waals surface area contributed by atoms with Crippen LogP contribution in [0.4, 0.5) is 0 Å². The van der Waals surface area contributed by atoms with Crippen LogP contribution in [0.15, 0.2) is 71.7 Å². The van der Waals surface area contributed by atoms with Crippen LogP contribution in [-0.4, -0.2) is 53.4 Å². The summed E-state index contributed by atoms with van der Waals surface area (Å²) in [5, 5.41) is 15.3. The van der Waals surface area contributed by atoms with E-state index >= 15 is 0 Å². The van der Waals surface area contributed by atoms with Gasteiger partial charge in [-0.15, -0.1) is 0 Å². The normalized spacial score (nSPS) is 11.8. The van der Waals surface area contributed by atoms with Crippen molar-refractivity contribution in [2.24, 2.45) is 0 Å². The van der Waals surface area contributed by atoms with Crippen molar-refractivity contribution in [3.8, 4) is 23.0 Å². The van der Waals surface area contributed by atoms with Crippen LogP contribution >= 0.6 is 0 Å². The molecule has 5 aromatic rings. The van der Waals surface area contributed by atoms with Gasteiger partial charge in [-0.25, -0.2) is 4.98 Å². The molecule has 0 aliphatic rings. The second-order valence-electron chi connectivity index (χ2n) is 9.80. The molecule has 42 heavy (non-hydrogen) atoms. The van der Waals surface area contributed by atoms with Gasteiger partial charge in [0.2, 0.25) is 5.91 Å². The average Bonchev–Trinajstić information content (AvgIpc) is 3.01. The number of pyridine rings is 1. The van der Waals surface area contributed by atoms with Gasteiger partial charge in [-0.1, -0.05) is 30.3 Å². The van der Waals surface area contributed by atoms with Crippen LogP contribution < -0.4 is 25.1 Å². The molecular formula is C32H32N4O6. The highest BCUT2D eigenvalue weighted by molar-refractivity contribution is 5.86. The van der Waals surface area contributed by atoms with Crippen molar-refractivity contribution in [2.75, 3.05) is 27.9 Å². The Kier molecular flexibility index (Phi) is 8.24. The molecule has 0 aliphatic heterocycles. The van der Waals surface area contributed by atoms with Crippen molar-refractivity contribution in [1.82, 2.24) is 19.9 Å². The number of aromatic nitrogens is 3. The lowest BCUT2D eigenvalue weighted by atomic mass is 9.87. The molecule has 0 saturated heterocycles. The number of phenolic OH excluding ortho intramolecular Hbond substituents is 1. The zero-order valence-corrected chi connectivity index (χ0v) is 23.9. The predicted octanol–water partition coefficient (Wildman–Crippen LogP) is 4.32. The van der Waals surface area contributed by atoms with Crippen molar-refractivity contribution in [3.63, 3.8) is 0 Å². The third-order valence-corrected chi connectivity index (χ3v) is 7.37. The Morgan fingerprint density at radius 3 is 2.45 bits per heavy atom. The Balaban J connectivity index is 1.37. The highest BCUT2D eigenvalue weighted by Gasteiger charge is 2.23. The summed E-state index contributed by atoms with van der Waals surface area (Å²) in [6.07, 6.45) is 1.69. The maximum atomic E-state index is 13.3. The third kappa shape index (κ3) is 5.56. The van der Waals surface area contributed by atoms with Gasteiger partial charge >= 0.3 is 0 Å². The summed E-state index contributed by atoms with van der Waals surface area (Å²) >= 11 is 0. The minimum absolute atomic E-state index is 0.0400. The molecule has 1 unspecified atom stereocenters. The molecule has 5 rings (SSSR count). The molecule has 10 heteroatoms. The van der Waals surface area contributed by atoms with E-state index in [1.54, 1.807) is 38.4 Å². The van der Waals surface area contributed by atoms with Gasteiger partial charge in [-0.2, -0.15) is 0 Å². The van der Waals surface area contributed by atoms with E-state index in [0.717, 1.165) is 10.9 Å². The number of methoxy groups -OCH3 is 3. The minimum Gasteiger partial charge on any atom is -0.505 e. The number of ether oxygens (including phenoxy) is 3. The number of hydrogen-bond acceptors (Lipinski definition) is 8. The zero-order chi connectivity index (χ0) is 29.8. The van der Waals surface area contributed by atoms with Crippen LogP contribution in [-0.2, 0) is 11.3 Å². The number of phenols is 1. The molecule has 0 aliphatic carbocycles. The second-order valence-corrected chi connectivity index (χ2v) is 9.80. The Labute approximate surface area is 242 Å². The van der Waals surface area contributed by atoms with E-state index in [0.29, 0.717) is 45.1 Å². The smallest absolute Gasteiger partial charge is 0.261 e. The van der Waals surface area contributed by atoms with Crippen LogP contribution in [0.1, 0.15) is 29.3 Å². The van der Waals surface area contributed by atoms with Gasteiger partial charge < -0.3 is 24.6 Å². The van der Waals surface area contributed by atoms with E-state index in [2.05, 4.69) is 15.3 Å². The largest absolute Gasteiger partial charge is 0.505 e. The summed E-state index contributed by atoms with van der Waals surface area (Å²) < 4.78 is 17.5. The van der Waals surface area contributed by atoms with Crippen LogP contribution in [0, 0.1) is 6.92 Å². The highest BCUT2D eigenvalue weighted by Crippen LogP contribution is 2.38. The summed E-state index contributed by atoms with van der Waals surface area (Å²) in [7, 11) is 4.62. The number of fused-ring (bicyclic) bond motifs is 2. The van der Waals surface area contributed by atoms with Crippen LogP contribution in [0.3, 0.4) is 0 Å². The lowest BCUT2D eigenvalue weighted by Gasteiger charge is -2.20. The fourth-order valence-corrected chi connectivity index (χ4v) is 5.16. The van der Waals surface area contributed by atoms with E-state index in [1.165, 1.54) is 18.8 Å². The molecular weight excluding hydrogens is 536 g/mol. The first-order valence-corrected chi connectivity index (χ1v) is 13.4. The summed E-state index contributed by atoms with van der Waals surface area (Å²) in [6, 6.07) is 18.1. The van der Waals surface area contributed by atoms with E-state index in [4.69, 9.17) is 14.2 Å². The number of amides is 1. The number of aryl methyl sites for hydroxylation is 1. The van der Waals surface area contributed by atoms with Crippen LogP contribution in [0.5, 0.6) is 23.0 Å². The van der Waals surface area contributed by atoms with Gasteiger partial charge in [-0.3, -0.25) is 19.1 Å². The first kappa shape index (κ1) is 28.4. The first-order valence-electron chi connectivity index (χ1n) is 13.4. The average molecular weight is 569 g/mol.